The molecule has 0 amide bonds. The number of thioether (sulfide) groups is 1. The molecule has 1 aliphatic rings. The maximum absolute atomic E-state index is 10.5. The van der Waals surface area contributed by atoms with Crippen molar-refractivity contribution < 1.29 is 5.11 Å². The highest BCUT2D eigenvalue weighted by Gasteiger charge is 2.32. The van der Waals surface area contributed by atoms with E-state index in [-0.39, 0.29) is 6.04 Å². The molecule has 4 nitrogen and oxygen atoms in total. The van der Waals surface area contributed by atoms with Crippen LogP contribution in [0.4, 0.5) is 0 Å². The summed E-state index contributed by atoms with van der Waals surface area (Å²) in [5.41, 5.74) is 3.94. The van der Waals surface area contributed by atoms with E-state index in [1.54, 1.807) is 0 Å². The van der Waals surface area contributed by atoms with Crippen LogP contribution in [0.3, 0.4) is 0 Å². The van der Waals surface area contributed by atoms with Crippen molar-refractivity contribution in [1.82, 2.24) is 15.1 Å². The SMILES string of the molecule is Cc1nn(-c2ccccc2)c(C)c1C(C)NCC1(O)CCSC1. The number of hydrogen-bond acceptors (Lipinski definition) is 4. The summed E-state index contributed by atoms with van der Waals surface area (Å²) >= 11 is 1.83. The van der Waals surface area contributed by atoms with Crippen molar-refractivity contribution in [1.29, 1.82) is 0 Å². The highest BCUT2D eigenvalue weighted by molar-refractivity contribution is 7.99. The molecule has 0 radical (unpaired) electrons. The molecular weight excluding hydrogens is 306 g/mol. The second kappa shape index (κ2) is 6.67. The zero-order valence-corrected chi connectivity index (χ0v) is 14.9. The van der Waals surface area contributed by atoms with Gasteiger partial charge in [0, 0.05) is 29.6 Å². The first kappa shape index (κ1) is 16.6. The van der Waals surface area contributed by atoms with Crippen LogP contribution in [0.5, 0.6) is 0 Å². The summed E-state index contributed by atoms with van der Waals surface area (Å²) in [5, 5.41) is 18.7. The van der Waals surface area contributed by atoms with Crippen molar-refractivity contribution in [2.45, 2.75) is 38.8 Å². The third-order valence-corrected chi connectivity index (χ3v) is 5.84. The molecule has 0 spiro atoms. The van der Waals surface area contributed by atoms with Crippen LogP contribution in [0.25, 0.3) is 5.69 Å². The number of aryl methyl sites for hydroxylation is 1. The Morgan fingerprint density at radius 1 is 1.35 bits per heavy atom. The van der Waals surface area contributed by atoms with Crippen LogP contribution in [-0.2, 0) is 0 Å². The third-order valence-electron chi connectivity index (χ3n) is 4.60. The van der Waals surface area contributed by atoms with Crippen LogP contribution < -0.4 is 5.32 Å². The molecule has 1 aromatic heterocycles. The van der Waals surface area contributed by atoms with Gasteiger partial charge in [-0.2, -0.15) is 16.9 Å². The molecule has 124 valence electrons. The van der Waals surface area contributed by atoms with E-state index in [1.165, 1.54) is 5.56 Å². The van der Waals surface area contributed by atoms with E-state index in [0.717, 1.165) is 35.0 Å². The number of rotatable bonds is 5. The van der Waals surface area contributed by atoms with Crippen molar-refractivity contribution >= 4 is 11.8 Å². The molecule has 1 fully saturated rings. The second-order valence-corrected chi connectivity index (χ2v) is 7.57. The smallest absolute Gasteiger partial charge is 0.0869 e. The molecule has 1 aromatic carbocycles. The molecule has 0 saturated carbocycles. The minimum atomic E-state index is -0.559. The van der Waals surface area contributed by atoms with Gasteiger partial charge in [-0.25, -0.2) is 4.68 Å². The molecule has 2 N–H and O–H groups in total. The highest BCUT2D eigenvalue weighted by atomic mass is 32.2. The lowest BCUT2D eigenvalue weighted by atomic mass is 10.0. The minimum Gasteiger partial charge on any atom is -0.388 e. The summed E-state index contributed by atoms with van der Waals surface area (Å²) in [6.07, 6.45) is 0.874. The van der Waals surface area contributed by atoms with E-state index in [2.05, 4.69) is 38.2 Å². The highest BCUT2D eigenvalue weighted by Crippen LogP contribution is 2.29. The average molecular weight is 331 g/mol. The molecule has 0 bridgehead atoms. The Kier molecular flexibility index (Phi) is 4.80. The van der Waals surface area contributed by atoms with E-state index in [0.29, 0.717) is 6.54 Å². The minimum absolute atomic E-state index is 0.169. The van der Waals surface area contributed by atoms with Crippen LogP contribution in [0.2, 0.25) is 0 Å². The number of aromatic nitrogens is 2. The monoisotopic (exact) mass is 331 g/mol. The number of nitrogens with zero attached hydrogens (tertiary/aromatic N) is 2. The molecular formula is C18H25N3OS. The quantitative estimate of drug-likeness (QED) is 0.884. The van der Waals surface area contributed by atoms with E-state index in [9.17, 15) is 5.11 Å². The van der Waals surface area contributed by atoms with E-state index >= 15 is 0 Å². The molecule has 2 aromatic rings. The van der Waals surface area contributed by atoms with Gasteiger partial charge in [-0.3, -0.25) is 0 Å². The molecule has 1 saturated heterocycles. The van der Waals surface area contributed by atoms with Gasteiger partial charge in [0.2, 0.25) is 0 Å². The molecule has 0 aliphatic carbocycles. The Labute approximate surface area is 142 Å². The topological polar surface area (TPSA) is 50.1 Å². The number of benzene rings is 1. The Hall–Kier alpha value is -1.30. The van der Waals surface area contributed by atoms with Crippen molar-refractivity contribution in [3.8, 4) is 5.69 Å². The van der Waals surface area contributed by atoms with Crippen LogP contribution in [0.1, 0.15) is 36.3 Å². The fourth-order valence-corrected chi connectivity index (χ4v) is 4.58. The Morgan fingerprint density at radius 2 is 2.09 bits per heavy atom. The fraction of sp³-hybridized carbons (Fsp3) is 0.500. The van der Waals surface area contributed by atoms with Gasteiger partial charge in [0.05, 0.1) is 17.0 Å². The zero-order chi connectivity index (χ0) is 16.4. The van der Waals surface area contributed by atoms with Crippen molar-refractivity contribution in [2.75, 3.05) is 18.1 Å². The number of aliphatic hydroxyl groups is 1. The first-order chi connectivity index (χ1) is 11.0. The second-order valence-electron chi connectivity index (χ2n) is 6.46. The molecule has 5 heteroatoms. The largest absolute Gasteiger partial charge is 0.388 e. The van der Waals surface area contributed by atoms with E-state index in [4.69, 9.17) is 5.10 Å². The predicted molar refractivity (Wildman–Crippen MR) is 96.3 cm³/mol. The summed E-state index contributed by atoms with van der Waals surface area (Å²) in [5.74, 6) is 1.88. The molecule has 3 rings (SSSR count). The van der Waals surface area contributed by atoms with Gasteiger partial charge in [0.15, 0.2) is 0 Å². The number of para-hydroxylation sites is 1. The Bertz CT molecular complexity index is 662. The first-order valence-electron chi connectivity index (χ1n) is 8.15. The molecule has 23 heavy (non-hydrogen) atoms. The van der Waals surface area contributed by atoms with Crippen molar-refractivity contribution in [3.05, 3.63) is 47.3 Å². The lowest BCUT2D eigenvalue weighted by Gasteiger charge is -2.25. The normalized spacial score (nSPS) is 22.4. The van der Waals surface area contributed by atoms with Gasteiger partial charge in [0.25, 0.3) is 0 Å². The summed E-state index contributed by atoms with van der Waals surface area (Å²) in [6, 6.07) is 10.4. The van der Waals surface area contributed by atoms with Crippen molar-refractivity contribution in [3.63, 3.8) is 0 Å². The standard InChI is InChI=1S/C18H25N3OS/c1-13(19-11-18(22)9-10-23-12-18)17-14(2)20-21(15(17)3)16-7-5-4-6-8-16/h4-8,13,19,22H,9-12H2,1-3H3. The van der Waals surface area contributed by atoms with E-state index < -0.39 is 5.60 Å². The summed E-state index contributed by atoms with van der Waals surface area (Å²) in [4.78, 5) is 0. The number of hydrogen-bond donors (Lipinski definition) is 2. The Balaban J connectivity index is 1.78. The summed E-state index contributed by atoms with van der Waals surface area (Å²) < 4.78 is 2.00. The van der Waals surface area contributed by atoms with Crippen LogP contribution in [0.15, 0.2) is 30.3 Å². The van der Waals surface area contributed by atoms with Crippen LogP contribution in [-0.4, -0.2) is 38.5 Å². The van der Waals surface area contributed by atoms with Crippen LogP contribution >= 0.6 is 11.8 Å². The molecule has 2 unspecified atom stereocenters. The van der Waals surface area contributed by atoms with Gasteiger partial charge < -0.3 is 10.4 Å². The third kappa shape index (κ3) is 3.47. The molecule has 2 atom stereocenters. The van der Waals surface area contributed by atoms with E-state index in [1.807, 2.05) is 34.6 Å². The number of nitrogens with one attached hydrogen (secondary N) is 1. The maximum atomic E-state index is 10.5. The summed E-state index contributed by atoms with van der Waals surface area (Å²) in [6.45, 7) is 6.95. The van der Waals surface area contributed by atoms with Crippen molar-refractivity contribution in [2.24, 2.45) is 0 Å². The lowest BCUT2D eigenvalue weighted by Crippen LogP contribution is -2.41. The predicted octanol–water partition coefficient (Wildman–Crippen LogP) is 3.01. The average Bonchev–Trinajstić information content (AvgIpc) is 3.10. The maximum Gasteiger partial charge on any atom is 0.0869 e. The van der Waals surface area contributed by atoms with Crippen LogP contribution in [0, 0.1) is 13.8 Å². The summed E-state index contributed by atoms with van der Waals surface area (Å²) in [7, 11) is 0. The van der Waals surface area contributed by atoms with Gasteiger partial charge in [-0.05, 0) is 45.1 Å². The van der Waals surface area contributed by atoms with Gasteiger partial charge in [0.1, 0.15) is 0 Å². The zero-order valence-electron chi connectivity index (χ0n) is 14.0. The molecule has 2 heterocycles. The first-order valence-corrected chi connectivity index (χ1v) is 9.31. The van der Waals surface area contributed by atoms with Gasteiger partial charge in [-0.15, -0.1) is 0 Å². The van der Waals surface area contributed by atoms with Gasteiger partial charge >= 0.3 is 0 Å². The molecule has 1 aliphatic heterocycles. The van der Waals surface area contributed by atoms with Gasteiger partial charge in [-0.1, -0.05) is 18.2 Å². The fourth-order valence-electron chi connectivity index (χ4n) is 3.28. The Morgan fingerprint density at radius 3 is 2.74 bits per heavy atom. The lowest BCUT2D eigenvalue weighted by molar-refractivity contribution is 0.0651.